The summed E-state index contributed by atoms with van der Waals surface area (Å²) >= 11 is 0. The molecule has 0 atom stereocenters. The fourth-order valence-electron chi connectivity index (χ4n) is 5.21. The SMILES string of the molecule is CCCCOc1c(C(C)(C)C)cc(CP(=O)(O)O)cc1C(C)(C)C.CCCCOc1c(C(C)(C)C)cc(CP(=O)(O)O)cc1C(C)(C)C.[Ni]. The molecule has 0 aliphatic rings. The molecule has 2 aromatic rings. The molecule has 0 fully saturated rings. The van der Waals surface area contributed by atoms with Crippen molar-refractivity contribution >= 4 is 15.2 Å². The zero-order valence-corrected chi connectivity index (χ0v) is 35.4. The van der Waals surface area contributed by atoms with Crippen molar-refractivity contribution in [3.05, 3.63) is 57.6 Å². The maximum atomic E-state index is 11.5. The van der Waals surface area contributed by atoms with Gasteiger partial charge in [0.15, 0.2) is 0 Å². The monoisotopic (exact) mass is 770 g/mol. The zero-order chi connectivity index (χ0) is 37.5. The number of ether oxygens (including phenoxy) is 2. The Kier molecular flexibility index (Phi) is 18.1. The summed E-state index contributed by atoms with van der Waals surface area (Å²) in [6, 6.07) is 7.59. The second-order valence-corrected chi connectivity index (χ2v) is 20.4. The molecule has 0 aromatic heterocycles. The summed E-state index contributed by atoms with van der Waals surface area (Å²) in [4.78, 5) is 37.5. The van der Waals surface area contributed by atoms with Gasteiger partial charge in [-0.05, 0) is 45.6 Å². The van der Waals surface area contributed by atoms with Gasteiger partial charge in [0, 0.05) is 38.7 Å². The van der Waals surface area contributed by atoms with Crippen molar-refractivity contribution in [1.29, 1.82) is 0 Å². The summed E-state index contributed by atoms with van der Waals surface area (Å²) in [5, 5.41) is 0. The Morgan fingerprint density at radius 1 is 0.510 bits per heavy atom. The van der Waals surface area contributed by atoms with Gasteiger partial charge in [0.1, 0.15) is 11.5 Å². The first-order chi connectivity index (χ1) is 21.5. The minimum Gasteiger partial charge on any atom is -0.493 e. The molecule has 0 unspecified atom stereocenters. The number of hydrogen-bond acceptors (Lipinski definition) is 4. The molecule has 0 amide bonds. The Labute approximate surface area is 307 Å². The molecule has 49 heavy (non-hydrogen) atoms. The van der Waals surface area contributed by atoms with E-state index in [9.17, 15) is 28.7 Å². The number of rotatable bonds is 12. The van der Waals surface area contributed by atoms with Crippen molar-refractivity contribution in [2.75, 3.05) is 13.2 Å². The molecule has 0 aliphatic heterocycles. The first-order valence-corrected chi connectivity index (χ1v) is 20.8. The Bertz CT molecular complexity index is 1250. The van der Waals surface area contributed by atoms with Crippen molar-refractivity contribution in [3.8, 4) is 11.5 Å². The van der Waals surface area contributed by atoms with Gasteiger partial charge in [0.05, 0.1) is 25.5 Å². The third-order valence-corrected chi connectivity index (χ3v) is 9.35. The zero-order valence-electron chi connectivity index (χ0n) is 32.6. The average Bonchev–Trinajstić information content (AvgIpc) is 2.86. The van der Waals surface area contributed by atoms with Crippen LogP contribution in [0.25, 0.3) is 0 Å². The molecule has 4 N–H and O–H groups in total. The first kappa shape index (κ1) is 47.8. The molecule has 0 saturated carbocycles. The third kappa shape index (κ3) is 16.8. The van der Waals surface area contributed by atoms with E-state index in [-0.39, 0.29) is 50.5 Å². The first-order valence-electron chi connectivity index (χ1n) is 17.2. The molecule has 0 aliphatic carbocycles. The van der Waals surface area contributed by atoms with Crippen LogP contribution >= 0.6 is 15.2 Å². The minimum atomic E-state index is -4.11. The number of benzene rings is 2. The molecule has 0 radical (unpaired) electrons. The van der Waals surface area contributed by atoms with Gasteiger partial charge in [0.25, 0.3) is 0 Å². The summed E-state index contributed by atoms with van der Waals surface area (Å²) in [6.45, 7) is 30.8. The van der Waals surface area contributed by atoms with Crippen LogP contribution in [-0.4, -0.2) is 32.8 Å². The van der Waals surface area contributed by atoms with Crippen LogP contribution in [0.15, 0.2) is 24.3 Å². The van der Waals surface area contributed by atoms with Gasteiger partial charge in [-0.1, -0.05) is 134 Å². The molecule has 11 heteroatoms. The van der Waals surface area contributed by atoms with Crippen LogP contribution in [0.4, 0.5) is 0 Å². The summed E-state index contributed by atoms with van der Waals surface area (Å²) < 4.78 is 35.3. The van der Waals surface area contributed by atoms with Gasteiger partial charge in [-0.2, -0.15) is 0 Å². The maximum Gasteiger partial charge on any atom is 0.329 e. The van der Waals surface area contributed by atoms with Gasteiger partial charge < -0.3 is 29.0 Å². The van der Waals surface area contributed by atoms with E-state index in [1.807, 2.05) is 24.3 Å². The number of hydrogen-bond donors (Lipinski definition) is 4. The van der Waals surface area contributed by atoms with Gasteiger partial charge in [-0.25, -0.2) is 0 Å². The summed E-state index contributed by atoms with van der Waals surface area (Å²) in [5.41, 5.74) is 4.67. The fourth-order valence-corrected chi connectivity index (χ4v) is 6.53. The molecule has 286 valence electrons. The van der Waals surface area contributed by atoms with Gasteiger partial charge >= 0.3 is 15.2 Å². The van der Waals surface area contributed by atoms with Crippen molar-refractivity contribution in [1.82, 2.24) is 0 Å². The normalized spacial score (nSPS) is 12.9. The Morgan fingerprint density at radius 3 is 0.898 bits per heavy atom. The minimum absolute atomic E-state index is 0. The van der Waals surface area contributed by atoms with Crippen LogP contribution in [-0.2, 0) is 59.6 Å². The second-order valence-electron chi connectivity index (χ2n) is 17.1. The summed E-state index contributed by atoms with van der Waals surface area (Å²) in [6.07, 6.45) is 3.61. The van der Waals surface area contributed by atoms with Crippen LogP contribution in [0.3, 0.4) is 0 Å². The standard InChI is InChI=1S/2C19H33O4P.Ni/c2*1-8-9-10-23-17-15(18(2,3)4)11-14(13-24(20,21)22)12-16(17)19(5,6)7;/h2*11-12H,8-10,13H2,1-7H3,(H2,20,21,22);. The van der Waals surface area contributed by atoms with E-state index in [2.05, 4.69) is 96.9 Å². The van der Waals surface area contributed by atoms with Gasteiger partial charge in [0.2, 0.25) is 0 Å². The quantitative estimate of drug-likeness (QED) is 0.0952. The smallest absolute Gasteiger partial charge is 0.329 e. The predicted octanol–water partition coefficient (Wildman–Crippen LogP) is 10.3. The van der Waals surface area contributed by atoms with E-state index < -0.39 is 15.2 Å². The van der Waals surface area contributed by atoms with E-state index in [1.54, 1.807) is 0 Å². The van der Waals surface area contributed by atoms with Crippen molar-refractivity contribution in [3.63, 3.8) is 0 Å². The van der Waals surface area contributed by atoms with Crippen LogP contribution in [0.5, 0.6) is 11.5 Å². The Balaban J connectivity index is 0.000000922. The van der Waals surface area contributed by atoms with E-state index in [0.717, 1.165) is 59.4 Å². The molecule has 2 rings (SSSR count). The molecule has 2 aromatic carbocycles. The summed E-state index contributed by atoms with van der Waals surface area (Å²) in [7, 11) is -8.23. The van der Waals surface area contributed by atoms with Crippen molar-refractivity contribution in [2.45, 2.75) is 157 Å². The molecular formula is C38H66NiO8P2. The van der Waals surface area contributed by atoms with E-state index in [1.165, 1.54) is 0 Å². The predicted molar refractivity (Wildman–Crippen MR) is 200 cm³/mol. The Morgan fingerprint density at radius 2 is 0.735 bits per heavy atom. The van der Waals surface area contributed by atoms with Crippen LogP contribution < -0.4 is 9.47 Å². The molecule has 0 saturated heterocycles. The summed E-state index contributed by atoms with van der Waals surface area (Å²) in [5.74, 6) is 1.75. The molecule has 0 spiro atoms. The van der Waals surface area contributed by atoms with Crippen molar-refractivity contribution in [2.24, 2.45) is 0 Å². The average molecular weight is 772 g/mol. The third-order valence-electron chi connectivity index (χ3n) is 7.80. The van der Waals surface area contributed by atoms with Crippen LogP contribution in [0.1, 0.15) is 156 Å². The Hall–Kier alpha value is -1.17. The molecular weight excluding hydrogens is 705 g/mol. The van der Waals surface area contributed by atoms with Crippen molar-refractivity contribution < 1.29 is 54.7 Å². The topological polar surface area (TPSA) is 134 Å². The fraction of sp³-hybridized carbons (Fsp3) is 0.684. The molecule has 0 bridgehead atoms. The second kappa shape index (κ2) is 18.5. The van der Waals surface area contributed by atoms with Crippen LogP contribution in [0.2, 0.25) is 0 Å². The van der Waals surface area contributed by atoms with Crippen LogP contribution in [0, 0.1) is 0 Å². The van der Waals surface area contributed by atoms with Gasteiger partial charge in [-0.15, -0.1) is 0 Å². The van der Waals surface area contributed by atoms with Gasteiger partial charge in [-0.3, -0.25) is 9.13 Å². The maximum absolute atomic E-state index is 11.5. The van der Waals surface area contributed by atoms with E-state index in [4.69, 9.17) is 9.47 Å². The molecule has 8 nitrogen and oxygen atoms in total. The number of unbranched alkanes of at least 4 members (excludes halogenated alkanes) is 2. The van der Waals surface area contributed by atoms with E-state index >= 15 is 0 Å². The largest absolute Gasteiger partial charge is 0.493 e. The molecule has 0 heterocycles. The van der Waals surface area contributed by atoms with E-state index in [0.29, 0.717) is 24.3 Å².